The van der Waals surface area contributed by atoms with Crippen molar-refractivity contribution in [2.45, 2.75) is 6.92 Å². The number of nitrogens with zero attached hydrogens (tertiary/aromatic N) is 1. The first kappa shape index (κ1) is 12.8. The van der Waals surface area contributed by atoms with E-state index in [1.807, 2.05) is 0 Å². The molecule has 5 heteroatoms. The highest BCUT2D eigenvalue weighted by molar-refractivity contribution is 6.07. The predicted molar refractivity (Wildman–Crippen MR) is 70.8 cm³/mol. The Hall–Kier alpha value is -2.69. The number of hydrogen-bond donors (Lipinski definition) is 2. The number of ketones is 1. The number of carbonyl (C=O) groups excluding carboxylic acids is 2. The Balaban J connectivity index is 2.01. The maximum Gasteiger partial charge on any atom is 0.269 e. The Bertz CT molecular complexity index is 586. The highest BCUT2D eigenvalue weighted by Crippen LogP contribution is 2.09. The van der Waals surface area contributed by atoms with Gasteiger partial charge in [0.05, 0.1) is 0 Å². The first-order chi connectivity index (χ1) is 9.18. The number of nitrogens with one attached hydrogen (secondary N) is 2. The van der Waals surface area contributed by atoms with E-state index in [-0.39, 0.29) is 11.7 Å². The van der Waals surface area contributed by atoms with E-state index in [1.54, 1.807) is 49.7 Å². The van der Waals surface area contributed by atoms with Crippen molar-refractivity contribution in [1.29, 1.82) is 0 Å². The Morgan fingerprint density at radius 3 is 2.47 bits per heavy atom. The van der Waals surface area contributed by atoms with Gasteiger partial charge in [-0.15, -0.1) is 0 Å². The summed E-state index contributed by atoms with van der Waals surface area (Å²) in [7, 11) is 0. The molecule has 1 amide bonds. The van der Waals surface area contributed by atoms with Crippen molar-refractivity contribution in [1.82, 2.24) is 15.8 Å². The van der Waals surface area contributed by atoms with Gasteiger partial charge in [-0.3, -0.25) is 20.0 Å². The van der Waals surface area contributed by atoms with Crippen LogP contribution < -0.4 is 10.9 Å². The lowest BCUT2D eigenvalue weighted by Crippen LogP contribution is -2.37. The zero-order valence-electron chi connectivity index (χ0n) is 10.4. The van der Waals surface area contributed by atoms with Crippen LogP contribution >= 0.6 is 0 Å². The van der Waals surface area contributed by atoms with Crippen LogP contribution in [0.4, 0.5) is 0 Å². The number of pyridine rings is 1. The van der Waals surface area contributed by atoms with E-state index in [9.17, 15) is 9.59 Å². The molecule has 19 heavy (non-hydrogen) atoms. The number of aromatic nitrogens is 1. The van der Waals surface area contributed by atoms with Gasteiger partial charge in [-0.25, -0.2) is 0 Å². The van der Waals surface area contributed by atoms with Gasteiger partial charge < -0.3 is 5.43 Å². The van der Waals surface area contributed by atoms with Crippen LogP contribution in [0.25, 0.3) is 0 Å². The summed E-state index contributed by atoms with van der Waals surface area (Å²) in [5.41, 5.74) is 6.87. The Morgan fingerprint density at radius 1 is 1.11 bits per heavy atom. The Labute approximate surface area is 110 Å². The van der Waals surface area contributed by atoms with Crippen LogP contribution in [0.2, 0.25) is 0 Å². The number of rotatable bonds is 3. The molecule has 1 aromatic rings. The standard InChI is InChI=1S/C14H13N3O2/c1-10(12-4-2-3-5-13(12)18)16-17-14(19)11-6-8-15-9-7-11/h2-9,16H,1H3,(H,17,19)/b12-10-. The van der Waals surface area contributed by atoms with Gasteiger partial charge in [0.25, 0.3) is 5.91 Å². The maximum atomic E-state index is 11.8. The van der Waals surface area contributed by atoms with E-state index in [2.05, 4.69) is 15.8 Å². The third-order valence-electron chi connectivity index (χ3n) is 2.60. The summed E-state index contributed by atoms with van der Waals surface area (Å²) in [6.45, 7) is 1.73. The normalized spacial score (nSPS) is 16.2. The minimum absolute atomic E-state index is 0.0920. The highest BCUT2D eigenvalue weighted by atomic mass is 16.2. The van der Waals surface area contributed by atoms with Crippen molar-refractivity contribution in [3.63, 3.8) is 0 Å². The molecule has 0 spiro atoms. The molecule has 96 valence electrons. The second kappa shape index (κ2) is 5.77. The summed E-state index contributed by atoms with van der Waals surface area (Å²) >= 11 is 0. The number of amides is 1. The fourth-order valence-corrected chi connectivity index (χ4v) is 1.57. The second-order valence-corrected chi connectivity index (χ2v) is 3.94. The lowest BCUT2D eigenvalue weighted by Gasteiger charge is -2.12. The molecule has 0 aromatic carbocycles. The molecular weight excluding hydrogens is 242 g/mol. The van der Waals surface area contributed by atoms with E-state index in [0.29, 0.717) is 16.8 Å². The van der Waals surface area contributed by atoms with Crippen molar-refractivity contribution in [2.24, 2.45) is 0 Å². The van der Waals surface area contributed by atoms with Crippen LogP contribution in [-0.2, 0) is 4.79 Å². The summed E-state index contributed by atoms with van der Waals surface area (Å²) in [6, 6.07) is 3.21. The molecule has 2 N–H and O–H groups in total. The fourth-order valence-electron chi connectivity index (χ4n) is 1.57. The summed E-state index contributed by atoms with van der Waals surface area (Å²) < 4.78 is 0. The molecule has 1 aliphatic rings. The van der Waals surface area contributed by atoms with Crippen molar-refractivity contribution < 1.29 is 9.59 Å². The van der Waals surface area contributed by atoms with Crippen LogP contribution in [0, 0.1) is 0 Å². The molecular formula is C14H13N3O2. The summed E-state index contributed by atoms with van der Waals surface area (Å²) in [6.07, 6.45) is 9.70. The quantitative estimate of drug-likeness (QED) is 0.630. The van der Waals surface area contributed by atoms with E-state index in [1.165, 1.54) is 6.08 Å². The van der Waals surface area contributed by atoms with Gasteiger partial charge >= 0.3 is 0 Å². The van der Waals surface area contributed by atoms with Gasteiger partial charge in [0, 0.05) is 29.2 Å². The van der Waals surface area contributed by atoms with Crippen LogP contribution in [0.15, 0.2) is 60.1 Å². The van der Waals surface area contributed by atoms with Crippen LogP contribution in [-0.4, -0.2) is 16.7 Å². The number of carbonyl (C=O) groups is 2. The molecule has 0 bridgehead atoms. The molecule has 0 radical (unpaired) electrons. The summed E-state index contributed by atoms with van der Waals surface area (Å²) in [5.74, 6) is -0.379. The zero-order valence-corrected chi connectivity index (χ0v) is 10.4. The van der Waals surface area contributed by atoms with Crippen molar-refractivity contribution >= 4 is 11.7 Å². The number of allylic oxidation sites excluding steroid dienone is 6. The van der Waals surface area contributed by atoms with E-state index in [4.69, 9.17) is 0 Å². The third kappa shape index (κ3) is 3.16. The van der Waals surface area contributed by atoms with Crippen LogP contribution in [0.3, 0.4) is 0 Å². The second-order valence-electron chi connectivity index (χ2n) is 3.94. The minimum atomic E-state index is -0.287. The molecule has 1 heterocycles. The van der Waals surface area contributed by atoms with Crippen molar-refractivity contribution in [3.8, 4) is 0 Å². The minimum Gasteiger partial charge on any atom is -0.302 e. The summed E-state index contributed by atoms with van der Waals surface area (Å²) in [5, 5.41) is 0. The monoisotopic (exact) mass is 255 g/mol. The first-order valence-electron chi connectivity index (χ1n) is 5.75. The first-order valence-corrected chi connectivity index (χ1v) is 5.75. The van der Waals surface area contributed by atoms with Crippen LogP contribution in [0.5, 0.6) is 0 Å². The molecule has 0 fully saturated rings. The van der Waals surface area contributed by atoms with Gasteiger partial charge in [0.15, 0.2) is 5.78 Å². The SMILES string of the molecule is C/C(NNC(=O)c1ccncc1)=C1\C=CC=CC1=O. The smallest absolute Gasteiger partial charge is 0.269 e. The van der Waals surface area contributed by atoms with Crippen LogP contribution in [0.1, 0.15) is 17.3 Å². The molecule has 5 nitrogen and oxygen atoms in total. The molecule has 0 saturated heterocycles. The molecule has 0 aliphatic heterocycles. The number of hydrogen-bond acceptors (Lipinski definition) is 4. The molecule has 1 aromatic heterocycles. The molecule has 1 aliphatic carbocycles. The predicted octanol–water partition coefficient (Wildman–Crippen LogP) is 1.29. The van der Waals surface area contributed by atoms with Gasteiger partial charge in [0.1, 0.15) is 0 Å². The van der Waals surface area contributed by atoms with Crippen molar-refractivity contribution in [2.75, 3.05) is 0 Å². The molecule has 2 rings (SSSR count). The molecule has 0 atom stereocenters. The third-order valence-corrected chi connectivity index (χ3v) is 2.60. The zero-order chi connectivity index (χ0) is 13.7. The maximum absolute atomic E-state index is 11.8. The molecule has 0 saturated carbocycles. The average molecular weight is 255 g/mol. The lowest BCUT2D eigenvalue weighted by molar-refractivity contribution is -0.111. The highest BCUT2D eigenvalue weighted by Gasteiger charge is 2.10. The average Bonchev–Trinajstić information content (AvgIpc) is 2.46. The van der Waals surface area contributed by atoms with E-state index < -0.39 is 0 Å². The Kier molecular flexibility index (Phi) is 3.87. The largest absolute Gasteiger partial charge is 0.302 e. The van der Waals surface area contributed by atoms with E-state index >= 15 is 0 Å². The lowest BCUT2D eigenvalue weighted by atomic mass is 10.1. The summed E-state index contributed by atoms with van der Waals surface area (Å²) in [4.78, 5) is 27.2. The molecule has 0 unspecified atom stereocenters. The number of hydrazine groups is 1. The fraction of sp³-hybridized carbons (Fsp3) is 0.0714. The van der Waals surface area contributed by atoms with E-state index in [0.717, 1.165) is 0 Å². The van der Waals surface area contributed by atoms with Gasteiger partial charge in [-0.1, -0.05) is 12.2 Å². The van der Waals surface area contributed by atoms with Gasteiger partial charge in [0.2, 0.25) is 0 Å². The topological polar surface area (TPSA) is 71.1 Å². The van der Waals surface area contributed by atoms with Crippen molar-refractivity contribution in [3.05, 3.63) is 65.7 Å². The van der Waals surface area contributed by atoms with Gasteiger partial charge in [-0.2, -0.15) is 0 Å². The Morgan fingerprint density at radius 2 is 1.79 bits per heavy atom. The van der Waals surface area contributed by atoms with Gasteiger partial charge in [-0.05, 0) is 31.2 Å².